The number of para-hydroxylation sites is 1. The molecule has 0 saturated carbocycles. The number of fused-ring (bicyclic) bond motifs is 1. The van der Waals surface area contributed by atoms with Gasteiger partial charge in [-0.2, -0.15) is 0 Å². The maximum absolute atomic E-state index is 10.0. The lowest BCUT2D eigenvalue weighted by Gasteiger charge is -2.39. The standard InChI is InChI=1S/C17H21NO6S3/c1-2-9(26-27-17-18-10-5-3-4-6-12(10)25-17)8-23-16-15(22)14(21)13(20)11(7-19)24-16/h2-6,9,11,13-16,19-22H,1,7-8H2/t9?,11-,13+,14+,15-,16-/m1/s1. The summed E-state index contributed by atoms with van der Waals surface area (Å²) in [6.45, 7) is 3.48. The molecule has 0 radical (unpaired) electrons. The van der Waals surface area contributed by atoms with Crippen LogP contribution in [0.25, 0.3) is 10.2 Å². The number of aromatic nitrogens is 1. The van der Waals surface area contributed by atoms with Crippen LogP contribution in [0.1, 0.15) is 0 Å². The largest absolute Gasteiger partial charge is 0.394 e. The number of benzene rings is 1. The first kappa shape index (κ1) is 21.0. The monoisotopic (exact) mass is 431 g/mol. The fourth-order valence-corrected chi connectivity index (χ4v) is 5.97. The van der Waals surface area contributed by atoms with Crippen LogP contribution in [-0.4, -0.2) is 74.6 Å². The normalized spacial score (nSPS) is 29.7. The average molecular weight is 432 g/mol. The van der Waals surface area contributed by atoms with E-state index >= 15 is 0 Å². The molecule has 10 heteroatoms. The van der Waals surface area contributed by atoms with Crippen molar-refractivity contribution in [3.63, 3.8) is 0 Å². The predicted molar refractivity (Wildman–Crippen MR) is 107 cm³/mol. The fourth-order valence-electron chi connectivity index (χ4n) is 2.52. The van der Waals surface area contributed by atoms with Crippen molar-refractivity contribution in [2.75, 3.05) is 13.2 Å². The van der Waals surface area contributed by atoms with E-state index in [1.165, 1.54) is 21.6 Å². The Bertz CT molecular complexity index is 724. The molecule has 1 aromatic carbocycles. The molecule has 6 atom stereocenters. The Kier molecular flexibility index (Phi) is 7.54. The molecule has 1 unspecified atom stereocenters. The minimum Gasteiger partial charge on any atom is -0.394 e. The zero-order chi connectivity index (χ0) is 19.4. The summed E-state index contributed by atoms with van der Waals surface area (Å²) in [5.74, 6) is 0. The first-order valence-electron chi connectivity index (χ1n) is 8.27. The molecular weight excluding hydrogens is 410 g/mol. The third-order valence-corrected chi connectivity index (χ3v) is 8.11. The molecule has 27 heavy (non-hydrogen) atoms. The Morgan fingerprint density at radius 1 is 1.26 bits per heavy atom. The van der Waals surface area contributed by atoms with Crippen LogP contribution in [0.2, 0.25) is 0 Å². The Balaban J connectivity index is 1.53. The Morgan fingerprint density at radius 3 is 2.74 bits per heavy atom. The minimum atomic E-state index is -1.45. The molecule has 1 aliphatic heterocycles. The molecule has 148 valence electrons. The minimum absolute atomic E-state index is 0.116. The number of hydrogen-bond donors (Lipinski definition) is 4. The van der Waals surface area contributed by atoms with Crippen LogP contribution in [0.3, 0.4) is 0 Å². The summed E-state index contributed by atoms with van der Waals surface area (Å²) in [6, 6.07) is 7.91. The van der Waals surface area contributed by atoms with Crippen LogP contribution in [-0.2, 0) is 9.47 Å². The summed E-state index contributed by atoms with van der Waals surface area (Å²) in [7, 11) is 3.02. The highest BCUT2D eigenvalue weighted by Gasteiger charge is 2.44. The summed E-state index contributed by atoms with van der Waals surface area (Å²) >= 11 is 1.60. The molecule has 1 aliphatic rings. The van der Waals surface area contributed by atoms with Crippen molar-refractivity contribution in [3.8, 4) is 0 Å². The highest BCUT2D eigenvalue weighted by molar-refractivity contribution is 8.77. The molecule has 2 heterocycles. The highest BCUT2D eigenvalue weighted by Crippen LogP contribution is 2.39. The molecule has 1 saturated heterocycles. The van der Waals surface area contributed by atoms with Crippen molar-refractivity contribution < 1.29 is 29.9 Å². The van der Waals surface area contributed by atoms with Crippen molar-refractivity contribution in [2.45, 2.75) is 40.3 Å². The average Bonchev–Trinajstić information content (AvgIpc) is 3.10. The van der Waals surface area contributed by atoms with Gasteiger partial charge in [-0.05, 0) is 22.9 Å². The van der Waals surface area contributed by atoms with Crippen LogP contribution in [0.15, 0.2) is 41.3 Å². The fraction of sp³-hybridized carbons (Fsp3) is 0.471. The molecule has 7 nitrogen and oxygen atoms in total. The SMILES string of the molecule is C=CC(CO[C@@H]1O[C@H](CO)[C@H](O)[C@H](O)[C@H]1O)SSc1nc2ccccc2s1. The second kappa shape index (κ2) is 9.68. The molecule has 0 amide bonds. The molecule has 2 aromatic rings. The van der Waals surface area contributed by atoms with Gasteiger partial charge in [-0.25, -0.2) is 4.98 Å². The van der Waals surface area contributed by atoms with Crippen LogP contribution in [0.4, 0.5) is 0 Å². The molecule has 0 aliphatic carbocycles. The lowest BCUT2D eigenvalue weighted by atomic mass is 9.99. The number of aliphatic hydroxyl groups excluding tert-OH is 4. The molecule has 1 aromatic heterocycles. The number of ether oxygens (including phenoxy) is 2. The Labute approximate surface area is 168 Å². The zero-order valence-electron chi connectivity index (χ0n) is 14.2. The van der Waals surface area contributed by atoms with Crippen molar-refractivity contribution in [2.24, 2.45) is 0 Å². The Morgan fingerprint density at radius 2 is 2.04 bits per heavy atom. The van der Waals surface area contributed by atoms with Gasteiger partial charge < -0.3 is 29.9 Å². The van der Waals surface area contributed by atoms with E-state index in [-0.39, 0.29) is 11.9 Å². The van der Waals surface area contributed by atoms with E-state index in [0.29, 0.717) is 0 Å². The van der Waals surface area contributed by atoms with Gasteiger partial charge in [0.1, 0.15) is 24.4 Å². The van der Waals surface area contributed by atoms with E-state index in [0.717, 1.165) is 14.6 Å². The zero-order valence-corrected chi connectivity index (χ0v) is 16.7. The van der Waals surface area contributed by atoms with Crippen LogP contribution < -0.4 is 0 Å². The summed E-state index contributed by atoms with van der Waals surface area (Å²) in [5, 5.41) is 38.7. The van der Waals surface area contributed by atoms with Crippen molar-refractivity contribution in [1.29, 1.82) is 0 Å². The van der Waals surface area contributed by atoms with Gasteiger partial charge >= 0.3 is 0 Å². The first-order chi connectivity index (χ1) is 13.0. The van der Waals surface area contributed by atoms with Crippen LogP contribution in [0, 0.1) is 0 Å². The molecule has 0 spiro atoms. The number of aliphatic hydroxyl groups is 4. The summed E-state index contributed by atoms with van der Waals surface area (Å²) < 4.78 is 12.9. The summed E-state index contributed by atoms with van der Waals surface area (Å²) in [6.07, 6.45) is -4.67. The Hall–Kier alpha value is -0.690. The van der Waals surface area contributed by atoms with E-state index in [1.54, 1.807) is 17.4 Å². The van der Waals surface area contributed by atoms with Crippen molar-refractivity contribution in [3.05, 3.63) is 36.9 Å². The molecule has 3 rings (SSSR count). The number of rotatable bonds is 8. The summed E-state index contributed by atoms with van der Waals surface area (Å²) in [4.78, 5) is 4.55. The lowest BCUT2D eigenvalue weighted by Crippen LogP contribution is -2.59. The third-order valence-electron chi connectivity index (χ3n) is 4.05. The van der Waals surface area contributed by atoms with Gasteiger partial charge in [0.2, 0.25) is 0 Å². The van der Waals surface area contributed by atoms with Gasteiger partial charge in [0, 0.05) is 0 Å². The maximum Gasteiger partial charge on any atom is 0.186 e. The van der Waals surface area contributed by atoms with Gasteiger partial charge in [-0.15, -0.1) is 17.9 Å². The second-order valence-electron chi connectivity index (χ2n) is 5.93. The van der Waals surface area contributed by atoms with Crippen molar-refractivity contribution in [1.82, 2.24) is 4.98 Å². The van der Waals surface area contributed by atoms with Crippen LogP contribution in [0.5, 0.6) is 0 Å². The van der Waals surface area contributed by atoms with E-state index in [9.17, 15) is 20.4 Å². The summed E-state index contributed by atoms with van der Waals surface area (Å²) in [5.41, 5.74) is 0.957. The number of nitrogens with zero attached hydrogens (tertiary/aromatic N) is 1. The van der Waals surface area contributed by atoms with E-state index in [1.807, 2.05) is 24.3 Å². The van der Waals surface area contributed by atoms with Crippen molar-refractivity contribution >= 4 is 43.1 Å². The molecule has 0 bridgehead atoms. The maximum atomic E-state index is 10.0. The highest BCUT2D eigenvalue weighted by atomic mass is 33.1. The number of hydrogen-bond acceptors (Lipinski definition) is 10. The molecule has 1 fully saturated rings. The first-order valence-corrected chi connectivity index (χ1v) is 11.3. The van der Waals surface area contributed by atoms with Gasteiger partial charge in [-0.3, -0.25) is 0 Å². The smallest absolute Gasteiger partial charge is 0.186 e. The molecule has 4 N–H and O–H groups in total. The lowest BCUT2D eigenvalue weighted by molar-refractivity contribution is -0.300. The second-order valence-corrected chi connectivity index (χ2v) is 9.65. The molecular formula is C17H21NO6S3. The van der Waals surface area contributed by atoms with Gasteiger partial charge in [0.25, 0.3) is 0 Å². The van der Waals surface area contributed by atoms with E-state index in [2.05, 4.69) is 11.6 Å². The topological polar surface area (TPSA) is 112 Å². The van der Waals surface area contributed by atoms with Gasteiger partial charge in [-0.1, -0.05) is 29.0 Å². The van der Waals surface area contributed by atoms with Gasteiger partial charge in [0.15, 0.2) is 10.6 Å². The number of thiazole rings is 1. The van der Waals surface area contributed by atoms with E-state index < -0.39 is 37.3 Å². The van der Waals surface area contributed by atoms with Crippen LogP contribution >= 0.6 is 32.9 Å². The van der Waals surface area contributed by atoms with E-state index in [4.69, 9.17) is 9.47 Å². The predicted octanol–water partition coefficient (Wildman–Crippen LogP) is 1.41. The third kappa shape index (κ3) is 5.03. The quantitative estimate of drug-likeness (QED) is 0.364. The van der Waals surface area contributed by atoms with Gasteiger partial charge in [0.05, 0.1) is 28.7 Å².